The third-order valence-corrected chi connectivity index (χ3v) is 6.37. The van der Waals surface area contributed by atoms with Gasteiger partial charge < -0.3 is 5.73 Å². The monoisotopic (exact) mass is 368 g/mol. The van der Waals surface area contributed by atoms with E-state index in [1.807, 2.05) is 0 Å². The number of carbonyl (C=O) groups is 1. The van der Waals surface area contributed by atoms with Gasteiger partial charge in [0, 0.05) is 13.0 Å². The zero-order chi connectivity index (χ0) is 17.8. The molecule has 0 heterocycles. The molecule has 0 unspecified atom stereocenters. The molecule has 0 aliphatic heterocycles. The van der Waals surface area contributed by atoms with Gasteiger partial charge in [-0.25, -0.2) is 21.6 Å². The van der Waals surface area contributed by atoms with E-state index in [0.717, 1.165) is 6.07 Å². The van der Waals surface area contributed by atoms with Crippen LogP contribution in [0.25, 0.3) is 0 Å². The van der Waals surface area contributed by atoms with E-state index in [-0.39, 0.29) is 27.7 Å². The van der Waals surface area contributed by atoms with E-state index in [4.69, 9.17) is 5.73 Å². The zero-order valence-corrected chi connectivity index (χ0v) is 14.2. The Morgan fingerprint density at radius 3 is 2.08 bits per heavy atom. The number of nitrogens with two attached hydrogens (primary N) is 1. The van der Waals surface area contributed by atoms with Crippen LogP contribution in [0.1, 0.15) is 6.42 Å². The Bertz CT molecular complexity index is 939. The fourth-order valence-electron chi connectivity index (χ4n) is 1.94. The molecule has 0 fully saturated rings. The Kier molecular flexibility index (Phi) is 5.37. The second-order valence-corrected chi connectivity index (χ2v) is 8.62. The van der Waals surface area contributed by atoms with Crippen molar-refractivity contribution in [2.24, 2.45) is 5.73 Å². The number of sulfone groups is 1. The van der Waals surface area contributed by atoms with E-state index in [9.17, 15) is 21.6 Å². The second-order valence-electron chi connectivity index (χ2n) is 4.91. The van der Waals surface area contributed by atoms with E-state index in [1.54, 1.807) is 18.2 Å². The number of amides is 1. The van der Waals surface area contributed by atoms with Gasteiger partial charge in [-0.15, -0.1) is 0 Å². The molecule has 0 atom stereocenters. The number of carbonyl (C=O) groups excluding carboxylic acids is 1. The van der Waals surface area contributed by atoms with Crippen molar-refractivity contribution in [1.29, 1.82) is 0 Å². The van der Waals surface area contributed by atoms with Gasteiger partial charge in [0.2, 0.25) is 25.8 Å². The number of hydrogen-bond acceptors (Lipinski definition) is 5. The van der Waals surface area contributed by atoms with Crippen LogP contribution in [0, 0.1) is 0 Å². The van der Waals surface area contributed by atoms with Crippen molar-refractivity contribution in [3.05, 3.63) is 54.6 Å². The van der Waals surface area contributed by atoms with Crippen molar-refractivity contribution in [3.8, 4) is 0 Å². The van der Waals surface area contributed by atoms with Gasteiger partial charge in [0.05, 0.1) is 14.7 Å². The van der Waals surface area contributed by atoms with Crippen molar-refractivity contribution < 1.29 is 21.6 Å². The summed E-state index contributed by atoms with van der Waals surface area (Å²) in [7, 11) is -7.77. The van der Waals surface area contributed by atoms with Crippen LogP contribution in [0.15, 0.2) is 69.3 Å². The summed E-state index contributed by atoms with van der Waals surface area (Å²) in [4.78, 5) is 10.4. The standard InChI is InChI=1S/C15H16N2O5S2/c16-15(18)9-10-17-24(21,22)14-8-4-7-13(11-14)23(19,20)12-5-2-1-3-6-12/h1-8,11,17H,9-10H2,(H2,16,18). The highest BCUT2D eigenvalue weighted by Crippen LogP contribution is 2.22. The molecule has 0 saturated heterocycles. The van der Waals surface area contributed by atoms with Crippen LogP contribution in [-0.2, 0) is 24.7 Å². The van der Waals surface area contributed by atoms with Crippen molar-refractivity contribution >= 4 is 25.8 Å². The molecule has 0 spiro atoms. The first-order chi connectivity index (χ1) is 11.2. The Labute approximate surface area is 140 Å². The zero-order valence-electron chi connectivity index (χ0n) is 12.5. The molecule has 0 aliphatic carbocycles. The number of sulfonamides is 1. The van der Waals surface area contributed by atoms with Crippen LogP contribution in [0.4, 0.5) is 0 Å². The lowest BCUT2D eigenvalue weighted by atomic mass is 10.4. The molecule has 2 rings (SSSR count). The SMILES string of the molecule is NC(=O)CCNS(=O)(=O)c1cccc(S(=O)(=O)c2ccccc2)c1. The van der Waals surface area contributed by atoms with Crippen LogP contribution < -0.4 is 10.5 Å². The van der Waals surface area contributed by atoms with Crippen LogP contribution in [0.3, 0.4) is 0 Å². The van der Waals surface area contributed by atoms with Gasteiger partial charge in [-0.3, -0.25) is 4.79 Å². The molecule has 24 heavy (non-hydrogen) atoms. The first kappa shape index (κ1) is 18.1. The highest BCUT2D eigenvalue weighted by Gasteiger charge is 2.21. The molecule has 9 heteroatoms. The Hall–Kier alpha value is -2.23. The fraction of sp³-hybridized carbons (Fsp3) is 0.133. The van der Waals surface area contributed by atoms with Crippen molar-refractivity contribution in [3.63, 3.8) is 0 Å². The number of primary amides is 1. The molecule has 0 saturated carbocycles. The first-order valence-corrected chi connectivity index (χ1v) is 9.88. The molecule has 0 radical (unpaired) electrons. The van der Waals surface area contributed by atoms with Crippen LogP contribution in [0.5, 0.6) is 0 Å². The molecule has 2 aromatic carbocycles. The van der Waals surface area contributed by atoms with Gasteiger partial charge in [0.1, 0.15) is 0 Å². The smallest absolute Gasteiger partial charge is 0.240 e. The lowest BCUT2D eigenvalue weighted by molar-refractivity contribution is -0.117. The fourth-order valence-corrected chi connectivity index (χ4v) is 4.42. The number of rotatable bonds is 7. The highest BCUT2D eigenvalue weighted by molar-refractivity contribution is 7.91. The molecule has 3 N–H and O–H groups in total. The van der Waals surface area contributed by atoms with Gasteiger partial charge in [-0.05, 0) is 30.3 Å². The molecule has 1 amide bonds. The topological polar surface area (TPSA) is 123 Å². The van der Waals surface area contributed by atoms with Crippen molar-refractivity contribution in [2.75, 3.05) is 6.54 Å². The number of hydrogen-bond donors (Lipinski definition) is 2. The Morgan fingerprint density at radius 1 is 0.875 bits per heavy atom. The maximum absolute atomic E-state index is 12.5. The first-order valence-electron chi connectivity index (χ1n) is 6.92. The molecule has 2 aromatic rings. The van der Waals surface area contributed by atoms with Crippen molar-refractivity contribution in [2.45, 2.75) is 21.1 Å². The third-order valence-electron chi connectivity index (χ3n) is 3.14. The lowest BCUT2D eigenvalue weighted by Gasteiger charge is -2.09. The molecular weight excluding hydrogens is 352 g/mol. The predicted octanol–water partition coefficient (Wildman–Crippen LogP) is 0.673. The summed E-state index contributed by atoms with van der Waals surface area (Å²) in [5, 5.41) is 0. The Balaban J connectivity index is 2.34. The molecule has 0 aliphatic rings. The van der Waals surface area contributed by atoms with Gasteiger partial charge in [-0.1, -0.05) is 24.3 Å². The van der Waals surface area contributed by atoms with E-state index in [1.165, 1.54) is 30.3 Å². The minimum Gasteiger partial charge on any atom is -0.370 e. The minimum atomic E-state index is -3.94. The van der Waals surface area contributed by atoms with Crippen LogP contribution in [0.2, 0.25) is 0 Å². The minimum absolute atomic E-state index is 0.0706. The normalized spacial score (nSPS) is 12.0. The van der Waals surface area contributed by atoms with Gasteiger partial charge in [0.15, 0.2) is 0 Å². The third kappa shape index (κ3) is 4.19. The van der Waals surface area contributed by atoms with Crippen molar-refractivity contribution in [1.82, 2.24) is 4.72 Å². The lowest BCUT2D eigenvalue weighted by Crippen LogP contribution is -2.28. The summed E-state index contributed by atoms with van der Waals surface area (Å²) < 4.78 is 51.6. The van der Waals surface area contributed by atoms with E-state index < -0.39 is 25.8 Å². The van der Waals surface area contributed by atoms with Crippen LogP contribution in [-0.4, -0.2) is 29.3 Å². The van der Waals surface area contributed by atoms with Gasteiger partial charge in [-0.2, -0.15) is 0 Å². The average molecular weight is 368 g/mol. The second kappa shape index (κ2) is 7.12. The van der Waals surface area contributed by atoms with E-state index in [0.29, 0.717) is 0 Å². The number of benzene rings is 2. The summed E-state index contributed by atoms with van der Waals surface area (Å²) in [6.07, 6.45) is -0.152. The Morgan fingerprint density at radius 2 is 1.46 bits per heavy atom. The maximum atomic E-state index is 12.5. The summed E-state index contributed by atoms with van der Waals surface area (Å²) in [6.45, 7) is -0.159. The molecular formula is C15H16N2O5S2. The summed E-state index contributed by atoms with van der Waals surface area (Å²) >= 11 is 0. The van der Waals surface area contributed by atoms with E-state index >= 15 is 0 Å². The van der Waals surface area contributed by atoms with Gasteiger partial charge >= 0.3 is 0 Å². The van der Waals surface area contributed by atoms with Crippen LogP contribution >= 0.6 is 0 Å². The van der Waals surface area contributed by atoms with E-state index in [2.05, 4.69) is 4.72 Å². The quantitative estimate of drug-likeness (QED) is 0.743. The summed E-state index contributed by atoms with van der Waals surface area (Å²) in [5.41, 5.74) is 4.95. The maximum Gasteiger partial charge on any atom is 0.240 e. The molecule has 0 bridgehead atoms. The summed E-state index contributed by atoms with van der Waals surface area (Å²) in [6, 6.07) is 12.7. The highest BCUT2D eigenvalue weighted by atomic mass is 32.2. The summed E-state index contributed by atoms with van der Waals surface area (Å²) in [5.74, 6) is -0.641. The largest absolute Gasteiger partial charge is 0.370 e. The average Bonchev–Trinajstić information content (AvgIpc) is 2.55. The predicted molar refractivity (Wildman–Crippen MR) is 87.3 cm³/mol. The number of nitrogens with one attached hydrogen (secondary N) is 1. The molecule has 128 valence electrons. The van der Waals surface area contributed by atoms with Gasteiger partial charge in [0.25, 0.3) is 0 Å². The molecule has 7 nitrogen and oxygen atoms in total. The molecule has 0 aromatic heterocycles.